The molecule has 2 rings (SSSR count). The Bertz CT molecular complexity index is 598. The van der Waals surface area contributed by atoms with E-state index in [1.165, 1.54) is 18.7 Å². The van der Waals surface area contributed by atoms with Crippen molar-refractivity contribution in [1.82, 2.24) is 0 Å². The number of halogens is 1. The van der Waals surface area contributed by atoms with Crippen LogP contribution in [0.5, 0.6) is 5.75 Å². The fraction of sp³-hybridized carbons (Fsp3) is 0.294. The van der Waals surface area contributed by atoms with Gasteiger partial charge in [-0.05, 0) is 36.8 Å². The first-order valence-electron chi connectivity index (χ1n) is 6.88. The summed E-state index contributed by atoms with van der Waals surface area (Å²) in [6.45, 7) is 2.66. The van der Waals surface area contributed by atoms with Crippen molar-refractivity contribution in [3.05, 3.63) is 59.4 Å². The Morgan fingerprint density at radius 1 is 1.19 bits per heavy atom. The summed E-state index contributed by atoms with van der Waals surface area (Å²) >= 11 is 0. The van der Waals surface area contributed by atoms with E-state index in [4.69, 9.17) is 10.5 Å². The van der Waals surface area contributed by atoms with Crippen molar-refractivity contribution in [3.8, 4) is 5.75 Å². The van der Waals surface area contributed by atoms with Gasteiger partial charge in [0.2, 0.25) is 0 Å². The highest BCUT2D eigenvalue weighted by Gasteiger charge is 2.12. The first-order valence-corrected chi connectivity index (χ1v) is 6.88. The number of nitrogens with zero attached hydrogens (tertiary/aromatic N) is 1. The lowest BCUT2D eigenvalue weighted by Gasteiger charge is -2.24. The summed E-state index contributed by atoms with van der Waals surface area (Å²) < 4.78 is 18.6. The molecular formula is C17H21FN2O. The van der Waals surface area contributed by atoms with Crippen molar-refractivity contribution in [2.45, 2.75) is 13.0 Å². The first kappa shape index (κ1) is 15.3. The molecule has 3 nitrogen and oxygen atoms in total. The number of anilines is 1. The molecule has 0 saturated carbocycles. The van der Waals surface area contributed by atoms with Crippen LogP contribution in [-0.4, -0.2) is 20.7 Å². The monoisotopic (exact) mass is 288 g/mol. The zero-order valence-electron chi connectivity index (χ0n) is 12.6. The fourth-order valence-electron chi connectivity index (χ4n) is 2.22. The van der Waals surface area contributed by atoms with Gasteiger partial charge in [-0.2, -0.15) is 0 Å². The number of methoxy groups -OCH3 is 1. The van der Waals surface area contributed by atoms with Crippen LogP contribution in [0, 0.1) is 12.7 Å². The van der Waals surface area contributed by atoms with Crippen LogP contribution < -0.4 is 15.4 Å². The summed E-state index contributed by atoms with van der Waals surface area (Å²) in [6, 6.07) is 12.8. The maximum absolute atomic E-state index is 13.7. The molecule has 0 radical (unpaired) electrons. The average Bonchev–Trinajstić information content (AvgIpc) is 2.47. The third-order valence-electron chi connectivity index (χ3n) is 3.55. The number of nitrogens with two attached hydrogens (primary N) is 1. The molecule has 0 fully saturated rings. The molecule has 2 aromatic rings. The van der Waals surface area contributed by atoms with Gasteiger partial charge in [-0.15, -0.1) is 0 Å². The maximum atomic E-state index is 13.7. The SMILES string of the molecule is COc1ccc(C(N)CN(C)c2ccc(C)cc2)cc1F. The second-order valence-corrected chi connectivity index (χ2v) is 5.22. The van der Waals surface area contributed by atoms with Gasteiger partial charge in [0.25, 0.3) is 0 Å². The van der Waals surface area contributed by atoms with Crippen LogP contribution in [-0.2, 0) is 0 Å². The zero-order valence-corrected chi connectivity index (χ0v) is 12.6. The molecule has 0 aliphatic carbocycles. The Morgan fingerprint density at radius 2 is 1.86 bits per heavy atom. The number of benzene rings is 2. The highest BCUT2D eigenvalue weighted by atomic mass is 19.1. The third-order valence-corrected chi connectivity index (χ3v) is 3.55. The molecule has 0 aromatic heterocycles. The molecule has 0 aliphatic heterocycles. The molecule has 1 unspecified atom stereocenters. The quantitative estimate of drug-likeness (QED) is 0.917. The van der Waals surface area contributed by atoms with Gasteiger partial charge in [-0.1, -0.05) is 23.8 Å². The molecule has 112 valence electrons. The molecule has 2 N–H and O–H groups in total. The molecule has 0 heterocycles. The van der Waals surface area contributed by atoms with Gasteiger partial charge in [0.1, 0.15) is 0 Å². The van der Waals surface area contributed by atoms with Crippen LogP contribution in [0.1, 0.15) is 17.2 Å². The summed E-state index contributed by atoms with van der Waals surface area (Å²) in [6.07, 6.45) is 0. The van der Waals surface area contributed by atoms with Crippen LogP contribution in [0.25, 0.3) is 0 Å². The normalized spacial score (nSPS) is 12.0. The molecule has 0 saturated heterocycles. The molecule has 0 spiro atoms. The number of hydrogen-bond acceptors (Lipinski definition) is 3. The van der Waals surface area contributed by atoms with Crippen molar-refractivity contribution in [3.63, 3.8) is 0 Å². The Labute approximate surface area is 125 Å². The molecular weight excluding hydrogens is 267 g/mol. The molecule has 2 aromatic carbocycles. The lowest BCUT2D eigenvalue weighted by Crippen LogP contribution is -2.29. The van der Waals surface area contributed by atoms with Crippen LogP contribution in [0.15, 0.2) is 42.5 Å². The lowest BCUT2D eigenvalue weighted by molar-refractivity contribution is 0.386. The molecule has 0 amide bonds. The van der Waals surface area contributed by atoms with Gasteiger partial charge in [-0.3, -0.25) is 0 Å². The van der Waals surface area contributed by atoms with Crippen LogP contribution in [0.3, 0.4) is 0 Å². The lowest BCUT2D eigenvalue weighted by atomic mass is 10.1. The molecule has 0 bridgehead atoms. The van der Waals surface area contributed by atoms with Gasteiger partial charge >= 0.3 is 0 Å². The van der Waals surface area contributed by atoms with Gasteiger partial charge in [0.05, 0.1) is 7.11 Å². The molecule has 4 heteroatoms. The number of hydrogen-bond donors (Lipinski definition) is 1. The highest BCUT2D eigenvalue weighted by molar-refractivity contribution is 5.47. The number of likely N-dealkylation sites (N-methyl/N-ethyl adjacent to an activating group) is 1. The van der Waals surface area contributed by atoms with E-state index in [9.17, 15) is 4.39 Å². The summed E-state index contributed by atoms with van der Waals surface area (Å²) in [5.74, 6) is -0.152. The predicted molar refractivity (Wildman–Crippen MR) is 84.3 cm³/mol. The van der Waals surface area contributed by atoms with E-state index in [0.29, 0.717) is 6.54 Å². The number of ether oxygens (including phenoxy) is 1. The topological polar surface area (TPSA) is 38.5 Å². The summed E-state index contributed by atoms with van der Waals surface area (Å²) in [5.41, 5.74) is 9.24. The molecule has 0 aliphatic rings. The Balaban J connectivity index is 2.08. The molecule has 21 heavy (non-hydrogen) atoms. The first-order chi connectivity index (χ1) is 10.0. The Kier molecular flexibility index (Phi) is 4.81. The minimum Gasteiger partial charge on any atom is -0.494 e. The fourth-order valence-corrected chi connectivity index (χ4v) is 2.22. The van der Waals surface area contributed by atoms with Crippen molar-refractivity contribution >= 4 is 5.69 Å². The van der Waals surface area contributed by atoms with E-state index in [2.05, 4.69) is 36.1 Å². The largest absolute Gasteiger partial charge is 0.494 e. The average molecular weight is 288 g/mol. The van der Waals surface area contributed by atoms with Crippen molar-refractivity contribution < 1.29 is 9.13 Å². The van der Waals surface area contributed by atoms with Crippen LogP contribution >= 0.6 is 0 Å². The number of rotatable bonds is 5. The summed E-state index contributed by atoms with van der Waals surface area (Å²) in [7, 11) is 3.42. The minimum atomic E-state index is -0.386. The molecule has 1 atom stereocenters. The van der Waals surface area contributed by atoms with Crippen LogP contribution in [0.2, 0.25) is 0 Å². The van der Waals surface area contributed by atoms with E-state index in [1.54, 1.807) is 12.1 Å². The predicted octanol–water partition coefficient (Wildman–Crippen LogP) is 3.28. The minimum absolute atomic E-state index is 0.234. The summed E-state index contributed by atoms with van der Waals surface area (Å²) in [5, 5.41) is 0. The van der Waals surface area contributed by atoms with E-state index in [0.717, 1.165) is 11.3 Å². The van der Waals surface area contributed by atoms with Crippen LogP contribution in [0.4, 0.5) is 10.1 Å². The van der Waals surface area contributed by atoms with Gasteiger partial charge in [0, 0.05) is 25.3 Å². The maximum Gasteiger partial charge on any atom is 0.165 e. The summed E-state index contributed by atoms with van der Waals surface area (Å²) in [4.78, 5) is 2.06. The van der Waals surface area contributed by atoms with E-state index in [1.807, 2.05) is 7.05 Å². The van der Waals surface area contributed by atoms with Crippen molar-refractivity contribution in [2.24, 2.45) is 5.73 Å². The second kappa shape index (κ2) is 6.59. The highest BCUT2D eigenvalue weighted by Crippen LogP contribution is 2.22. The van der Waals surface area contributed by atoms with Crippen molar-refractivity contribution in [1.29, 1.82) is 0 Å². The van der Waals surface area contributed by atoms with Gasteiger partial charge in [0.15, 0.2) is 11.6 Å². The standard InChI is InChI=1S/C17H21FN2O/c1-12-4-7-14(8-5-12)20(2)11-16(19)13-6-9-17(21-3)15(18)10-13/h4-10,16H,11,19H2,1-3H3. The Hall–Kier alpha value is -2.07. The smallest absolute Gasteiger partial charge is 0.165 e. The van der Waals surface area contributed by atoms with Gasteiger partial charge < -0.3 is 15.4 Å². The van der Waals surface area contributed by atoms with Gasteiger partial charge in [-0.25, -0.2) is 4.39 Å². The number of aryl methyl sites for hydroxylation is 1. The second-order valence-electron chi connectivity index (χ2n) is 5.22. The van der Waals surface area contributed by atoms with E-state index >= 15 is 0 Å². The zero-order chi connectivity index (χ0) is 15.4. The van der Waals surface area contributed by atoms with E-state index in [-0.39, 0.29) is 17.6 Å². The van der Waals surface area contributed by atoms with E-state index < -0.39 is 0 Å². The van der Waals surface area contributed by atoms with Crippen molar-refractivity contribution in [2.75, 3.05) is 25.6 Å². The Morgan fingerprint density at radius 3 is 2.43 bits per heavy atom. The third kappa shape index (κ3) is 3.73.